The maximum Gasteiger partial charge on any atom is -0.0187 e. The molecule has 0 unspecified atom stereocenters. The van der Waals surface area contributed by atoms with E-state index in [1.807, 2.05) is 48.6 Å². The Morgan fingerprint density at radius 2 is 1.29 bits per heavy atom. The van der Waals surface area contributed by atoms with E-state index in [0.29, 0.717) is 0 Å². The first-order valence-corrected chi connectivity index (χ1v) is 4.89. The van der Waals surface area contributed by atoms with Gasteiger partial charge in [0, 0.05) is 0 Å². The summed E-state index contributed by atoms with van der Waals surface area (Å²) >= 11 is 0. The summed E-state index contributed by atoms with van der Waals surface area (Å²) in [4.78, 5) is 0. The number of hydrogen-bond donors (Lipinski definition) is 0. The summed E-state index contributed by atoms with van der Waals surface area (Å²) in [5.74, 6) is 0. The van der Waals surface area contributed by atoms with Gasteiger partial charge in [-0.3, -0.25) is 0 Å². The van der Waals surface area contributed by atoms with Gasteiger partial charge in [-0.05, 0) is 18.9 Å². The first kappa shape index (κ1) is 10.5. The van der Waals surface area contributed by atoms with Gasteiger partial charge in [0.05, 0.1) is 0 Å². The minimum atomic E-state index is 1.07. The third kappa shape index (κ3) is 6.01. The third-order valence-electron chi connectivity index (χ3n) is 1.71. The molecule has 14 heavy (non-hydrogen) atoms. The van der Waals surface area contributed by atoms with E-state index in [2.05, 4.69) is 24.3 Å². The van der Waals surface area contributed by atoms with E-state index in [4.69, 9.17) is 0 Å². The summed E-state index contributed by atoms with van der Waals surface area (Å²) in [6.45, 7) is 0. The van der Waals surface area contributed by atoms with Crippen LogP contribution in [0.2, 0.25) is 0 Å². The van der Waals surface area contributed by atoms with Crippen molar-refractivity contribution in [3.8, 4) is 0 Å². The van der Waals surface area contributed by atoms with Crippen LogP contribution in [-0.2, 0) is 0 Å². The molecule has 0 heterocycles. The molecule has 0 aromatic rings. The van der Waals surface area contributed by atoms with Crippen LogP contribution in [0.3, 0.4) is 0 Å². The molecular formula is C14H15. The molecule has 0 aromatic carbocycles. The Balaban J connectivity index is 2.56. The van der Waals surface area contributed by atoms with Crippen LogP contribution in [0, 0.1) is 6.08 Å². The molecular weight excluding hydrogens is 168 g/mol. The molecule has 0 fully saturated rings. The lowest BCUT2D eigenvalue weighted by atomic mass is 10.2. The Hall–Kier alpha value is -1.56. The predicted octanol–water partition coefficient (Wildman–Crippen LogP) is 3.92. The van der Waals surface area contributed by atoms with Crippen LogP contribution in [0.4, 0.5) is 0 Å². The summed E-state index contributed by atoms with van der Waals surface area (Å²) in [6.07, 6.45) is 27.5. The maximum absolute atomic E-state index is 3.07. The Kier molecular flexibility index (Phi) is 6.05. The standard InChI is InChI=1S/C14H15/c1-2-4-6-8-10-12-14-13-11-9-7-5-3-1/h1-9,13-14H,10,12H2/b3-1+,4-2-,7-5-,8-6+,11-9?,14-13-. The Morgan fingerprint density at radius 1 is 0.643 bits per heavy atom. The minimum Gasteiger partial charge on any atom is -0.0842 e. The van der Waals surface area contributed by atoms with E-state index >= 15 is 0 Å². The molecule has 0 aromatic heterocycles. The average Bonchev–Trinajstić information content (AvgIpc) is 2.22. The smallest absolute Gasteiger partial charge is 0.0187 e. The van der Waals surface area contributed by atoms with Crippen molar-refractivity contribution < 1.29 is 0 Å². The number of rotatable bonds is 0. The van der Waals surface area contributed by atoms with Gasteiger partial charge in [-0.2, -0.15) is 0 Å². The summed E-state index contributed by atoms with van der Waals surface area (Å²) in [7, 11) is 0. The van der Waals surface area contributed by atoms with Gasteiger partial charge in [0.15, 0.2) is 0 Å². The largest absolute Gasteiger partial charge is 0.0842 e. The van der Waals surface area contributed by atoms with Crippen molar-refractivity contribution in [3.05, 3.63) is 72.9 Å². The number of hydrogen-bond acceptors (Lipinski definition) is 0. The fourth-order valence-electron chi connectivity index (χ4n) is 1.01. The molecule has 0 amide bonds. The molecule has 71 valence electrons. The molecule has 0 nitrogen and oxygen atoms in total. The predicted molar refractivity (Wildman–Crippen MR) is 62.7 cm³/mol. The first-order valence-electron chi connectivity index (χ1n) is 4.89. The van der Waals surface area contributed by atoms with E-state index in [1.165, 1.54) is 0 Å². The minimum absolute atomic E-state index is 1.07. The quantitative estimate of drug-likeness (QED) is 0.534. The van der Waals surface area contributed by atoms with Crippen LogP contribution in [0.25, 0.3) is 0 Å². The second-order valence-corrected chi connectivity index (χ2v) is 2.90. The van der Waals surface area contributed by atoms with Gasteiger partial charge in [-0.25, -0.2) is 0 Å². The van der Waals surface area contributed by atoms with E-state index < -0.39 is 0 Å². The van der Waals surface area contributed by atoms with Gasteiger partial charge in [-0.15, -0.1) is 0 Å². The molecule has 0 spiro atoms. The van der Waals surface area contributed by atoms with Gasteiger partial charge >= 0.3 is 0 Å². The molecule has 0 aliphatic heterocycles. The molecule has 0 N–H and O–H groups in total. The highest BCUT2D eigenvalue weighted by Crippen LogP contribution is 1.94. The van der Waals surface area contributed by atoms with Gasteiger partial charge in [0.25, 0.3) is 0 Å². The fraction of sp³-hybridized carbons (Fsp3) is 0.143. The Bertz CT molecular complexity index is 264. The van der Waals surface area contributed by atoms with Crippen molar-refractivity contribution in [2.75, 3.05) is 0 Å². The lowest BCUT2D eigenvalue weighted by Crippen LogP contribution is -1.64. The molecule has 1 aliphatic rings. The molecule has 0 bridgehead atoms. The molecule has 0 atom stereocenters. The zero-order chi connectivity index (χ0) is 9.90. The normalized spacial score (nSPS) is 30.9. The highest BCUT2D eigenvalue weighted by Gasteiger charge is 1.74. The summed E-state index contributed by atoms with van der Waals surface area (Å²) in [5, 5.41) is 0. The van der Waals surface area contributed by atoms with Crippen LogP contribution in [0.15, 0.2) is 66.8 Å². The van der Waals surface area contributed by atoms with Crippen LogP contribution in [0.1, 0.15) is 12.8 Å². The van der Waals surface area contributed by atoms with Crippen molar-refractivity contribution >= 4 is 0 Å². The molecule has 1 aliphatic carbocycles. The summed E-state index contributed by atoms with van der Waals surface area (Å²) in [5.41, 5.74) is 0. The zero-order valence-electron chi connectivity index (χ0n) is 8.27. The van der Waals surface area contributed by atoms with Crippen molar-refractivity contribution in [1.82, 2.24) is 0 Å². The lowest BCUT2D eigenvalue weighted by Gasteiger charge is -1.84. The second kappa shape index (κ2) is 8.06. The SMILES string of the molecule is [C]1=C/C=C\C=C\C=C/C=C/CC\C=C/1. The highest BCUT2D eigenvalue weighted by molar-refractivity contribution is 5.18. The summed E-state index contributed by atoms with van der Waals surface area (Å²) in [6, 6.07) is 0. The van der Waals surface area contributed by atoms with Gasteiger partial charge in [0.1, 0.15) is 0 Å². The third-order valence-corrected chi connectivity index (χ3v) is 1.71. The highest BCUT2D eigenvalue weighted by atomic mass is 13.8. The van der Waals surface area contributed by atoms with Crippen LogP contribution in [0.5, 0.6) is 0 Å². The van der Waals surface area contributed by atoms with Gasteiger partial charge in [-0.1, -0.05) is 66.8 Å². The average molecular weight is 183 g/mol. The van der Waals surface area contributed by atoms with Crippen molar-refractivity contribution in [2.45, 2.75) is 12.8 Å². The van der Waals surface area contributed by atoms with Crippen molar-refractivity contribution in [3.63, 3.8) is 0 Å². The fourth-order valence-corrected chi connectivity index (χ4v) is 1.01. The van der Waals surface area contributed by atoms with Crippen LogP contribution in [-0.4, -0.2) is 0 Å². The Morgan fingerprint density at radius 3 is 2.14 bits per heavy atom. The second-order valence-electron chi connectivity index (χ2n) is 2.90. The van der Waals surface area contributed by atoms with E-state index in [0.717, 1.165) is 12.8 Å². The molecule has 0 saturated heterocycles. The maximum atomic E-state index is 3.07. The van der Waals surface area contributed by atoms with E-state index in [-0.39, 0.29) is 0 Å². The van der Waals surface area contributed by atoms with Crippen molar-refractivity contribution in [2.24, 2.45) is 0 Å². The van der Waals surface area contributed by atoms with Crippen LogP contribution >= 0.6 is 0 Å². The summed E-state index contributed by atoms with van der Waals surface area (Å²) < 4.78 is 0. The van der Waals surface area contributed by atoms with Gasteiger partial charge < -0.3 is 0 Å². The lowest BCUT2D eigenvalue weighted by molar-refractivity contribution is 1.05. The molecule has 1 rings (SSSR count). The number of allylic oxidation sites excluding steroid dienone is 12. The topological polar surface area (TPSA) is 0 Å². The molecule has 0 heteroatoms. The Labute approximate surface area is 86.3 Å². The van der Waals surface area contributed by atoms with E-state index in [9.17, 15) is 0 Å². The van der Waals surface area contributed by atoms with Crippen molar-refractivity contribution in [1.29, 1.82) is 0 Å². The monoisotopic (exact) mass is 183 g/mol. The molecule has 0 saturated carbocycles. The van der Waals surface area contributed by atoms with E-state index in [1.54, 1.807) is 0 Å². The van der Waals surface area contributed by atoms with Gasteiger partial charge in [0.2, 0.25) is 0 Å². The first-order chi connectivity index (χ1) is 7.00. The zero-order valence-corrected chi connectivity index (χ0v) is 8.27. The molecule has 1 radical (unpaired) electrons. The van der Waals surface area contributed by atoms with Crippen LogP contribution < -0.4 is 0 Å².